The fourth-order valence-electron chi connectivity index (χ4n) is 2.03. The quantitative estimate of drug-likeness (QED) is 0.835. The normalized spacial score (nSPS) is 17.8. The number of methoxy groups -OCH3 is 3. The maximum absolute atomic E-state index is 11.5. The van der Waals surface area contributed by atoms with Gasteiger partial charge in [-0.25, -0.2) is 0 Å². The van der Waals surface area contributed by atoms with Gasteiger partial charge in [0.05, 0.1) is 39.6 Å². The van der Waals surface area contributed by atoms with Crippen LogP contribution < -0.4 is 14.2 Å². The molecule has 0 spiro atoms. The van der Waals surface area contributed by atoms with E-state index < -0.39 is 6.10 Å². The van der Waals surface area contributed by atoms with Crippen LogP contribution in [0.15, 0.2) is 24.5 Å². The summed E-state index contributed by atoms with van der Waals surface area (Å²) in [4.78, 5) is 11.5. The molecule has 0 radical (unpaired) electrons. The van der Waals surface area contributed by atoms with Crippen LogP contribution in [0.3, 0.4) is 0 Å². The Morgan fingerprint density at radius 2 is 1.74 bits per heavy atom. The van der Waals surface area contributed by atoms with Crippen molar-refractivity contribution in [3.05, 3.63) is 30.0 Å². The molecule has 0 aromatic heterocycles. The number of ether oxygens (including phenoxy) is 4. The highest BCUT2D eigenvalue weighted by atomic mass is 16.5. The van der Waals surface area contributed by atoms with Crippen molar-refractivity contribution in [2.24, 2.45) is 0 Å². The van der Waals surface area contributed by atoms with Crippen LogP contribution in [0.4, 0.5) is 0 Å². The Hall–Kier alpha value is -2.17. The number of benzene rings is 1. The van der Waals surface area contributed by atoms with E-state index in [1.165, 1.54) is 12.3 Å². The summed E-state index contributed by atoms with van der Waals surface area (Å²) in [6, 6.07) is 3.48. The van der Waals surface area contributed by atoms with Gasteiger partial charge in [-0.05, 0) is 0 Å². The highest BCUT2D eigenvalue weighted by molar-refractivity contribution is 5.90. The van der Waals surface area contributed by atoms with Crippen molar-refractivity contribution in [2.45, 2.75) is 12.5 Å². The van der Waals surface area contributed by atoms with E-state index >= 15 is 0 Å². The van der Waals surface area contributed by atoms with Crippen molar-refractivity contribution in [1.29, 1.82) is 0 Å². The molecular formula is C14H16O5. The molecule has 1 aliphatic rings. The number of carbonyl (C=O) groups excluding carboxylic acids is 1. The van der Waals surface area contributed by atoms with Crippen molar-refractivity contribution < 1.29 is 23.7 Å². The maximum Gasteiger partial charge on any atom is 0.162 e. The SMILES string of the molecule is COc1cc(OC)c(C2CC(=O)C=CO2)c(OC)c1. The Bertz CT molecular complexity index is 482. The Morgan fingerprint density at radius 3 is 2.21 bits per heavy atom. The third-order valence-corrected chi connectivity index (χ3v) is 2.96. The molecule has 102 valence electrons. The number of ketones is 1. The topological polar surface area (TPSA) is 54.0 Å². The van der Waals surface area contributed by atoms with Gasteiger partial charge in [-0.3, -0.25) is 4.79 Å². The van der Waals surface area contributed by atoms with E-state index in [0.717, 1.165) is 0 Å². The van der Waals surface area contributed by atoms with E-state index in [1.807, 2.05) is 0 Å². The Labute approximate surface area is 111 Å². The second kappa shape index (κ2) is 5.65. The van der Waals surface area contributed by atoms with E-state index in [4.69, 9.17) is 18.9 Å². The predicted octanol–water partition coefficient (Wildman–Crippen LogP) is 2.26. The molecule has 0 amide bonds. The minimum Gasteiger partial charge on any atom is -0.496 e. The molecule has 0 aliphatic carbocycles. The summed E-state index contributed by atoms with van der Waals surface area (Å²) in [6.07, 6.45) is 2.67. The molecule has 2 rings (SSSR count). The molecule has 0 bridgehead atoms. The lowest BCUT2D eigenvalue weighted by atomic mass is 10.00. The fourth-order valence-corrected chi connectivity index (χ4v) is 2.03. The summed E-state index contributed by atoms with van der Waals surface area (Å²) in [6.45, 7) is 0. The van der Waals surface area contributed by atoms with Crippen molar-refractivity contribution in [3.8, 4) is 17.2 Å². The summed E-state index contributed by atoms with van der Waals surface area (Å²) in [5.74, 6) is 1.78. The second-order valence-corrected chi connectivity index (χ2v) is 4.04. The number of allylic oxidation sites excluding steroid dienone is 1. The second-order valence-electron chi connectivity index (χ2n) is 4.04. The lowest BCUT2D eigenvalue weighted by molar-refractivity contribution is -0.118. The first-order valence-electron chi connectivity index (χ1n) is 5.84. The first-order valence-corrected chi connectivity index (χ1v) is 5.84. The lowest BCUT2D eigenvalue weighted by Crippen LogP contribution is -2.13. The van der Waals surface area contributed by atoms with Gasteiger partial charge >= 0.3 is 0 Å². The van der Waals surface area contributed by atoms with Gasteiger partial charge < -0.3 is 18.9 Å². The van der Waals surface area contributed by atoms with E-state index in [-0.39, 0.29) is 12.2 Å². The van der Waals surface area contributed by atoms with Crippen LogP contribution in [0.25, 0.3) is 0 Å². The number of hydrogen-bond donors (Lipinski definition) is 0. The van der Waals surface area contributed by atoms with Gasteiger partial charge in [0.25, 0.3) is 0 Å². The van der Waals surface area contributed by atoms with E-state index in [0.29, 0.717) is 22.8 Å². The zero-order chi connectivity index (χ0) is 13.8. The molecule has 1 atom stereocenters. The molecule has 1 heterocycles. The molecule has 0 N–H and O–H groups in total. The Balaban J connectivity index is 2.48. The van der Waals surface area contributed by atoms with E-state index in [9.17, 15) is 4.79 Å². The first kappa shape index (κ1) is 13.3. The van der Waals surface area contributed by atoms with Gasteiger partial charge in [-0.1, -0.05) is 0 Å². The number of rotatable bonds is 4. The zero-order valence-electron chi connectivity index (χ0n) is 11.1. The standard InChI is InChI=1S/C14H16O5/c1-16-10-7-11(17-2)14(12(8-10)18-3)13-6-9(15)4-5-19-13/h4-5,7-8,13H,6H2,1-3H3. The summed E-state index contributed by atoms with van der Waals surface area (Å²) in [5.41, 5.74) is 0.712. The fraction of sp³-hybridized carbons (Fsp3) is 0.357. The van der Waals surface area contributed by atoms with Crippen LogP contribution in [0.2, 0.25) is 0 Å². The molecule has 19 heavy (non-hydrogen) atoms. The molecule has 0 saturated heterocycles. The average Bonchev–Trinajstić information content (AvgIpc) is 2.45. The van der Waals surface area contributed by atoms with E-state index in [2.05, 4.69) is 0 Å². The van der Waals surface area contributed by atoms with Crippen LogP contribution in [-0.2, 0) is 9.53 Å². The van der Waals surface area contributed by atoms with E-state index in [1.54, 1.807) is 33.5 Å². The van der Waals surface area contributed by atoms with Gasteiger partial charge in [0, 0.05) is 18.2 Å². The molecule has 1 aliphatic heterocycles. The van der Waals surface area contributed by atoms with Crippen molar-refractivity contribution in [1.82, 2.24) is 0 Å². The van der Waals surface area contributed by atoms with Crippen molar-refractivity contribution in [2.75, 3.05) is 21.3 Å². The van der Waals surface area contributed by atoms with Crippen LogP contribution in [0, 0.1) is 0 Å². The average molecular weight is 264 g/mol. The maximum atomic E-state index is 11.5. The highest BCUT2D eigenvalue weighted by Crippen LogP contribution is 2.41. The van der Waals surface area contributed by atoms with Gasteiger partial charge in [-0.15, -0.1) is 0 Å². The van der Waals surface area contributed by atoms with Gasteiger partial charge in [0.15, 0.2) is 5.78 Å². The largest absolute Gasteiger partial charge is 0.496 e. The third-order valence-electron chi connectivity index (χ3n) is 2.96. The third kappa shape index (κ3) is 2.65. The molecule has 1 unspecified atom stereocenters. The molecule has 5 heteroatoms. The van der Waals surface area contributed by atoms with Crippen LogP contribution >= 0.6 is 0 Å². The Morgan fingerprint density at radius 1 is 1.11 bits per heavy atom. The summed E-state index contributed by atoms with van der Waals surface area (Å²) < 4.78 is 21.4. The monoisotopic (exact) mass is 264 g/mol. The highest BCUT2D eigenvalue weighted by Gasteiger charge is 2.27. The first-order chi connectivity index (χ1) is 9.19. The van der Waals surface area contributed by atoms with Gasteiger partial charge in [-0.2, -0.15) is 0 Å². The molecule has 5 nitrogen and oxygen atoms in total. The molecule has 1 aromatic carbocycles. The smallest absolute Gasteiger partial charge is 0.162 e. The summed E-state index contributed by atoms with van der Waals surface area (Å²) in [5, 5.41) is 0. The Kier molecular flexibility index (Phi) is 3.94. The summed E-state index contributed by atoms with van der Waals surface area (Å²) >= 11 is 0. The zero-order valence-corrected chi connectivity index (χ0v) is 11.1. The molecule has 0 saturated carbocycles. The molecule has 0 fully saturated rings. The van der Waals surface area contributed by atoms with Gasteiger partial charge in [0.2, 0.25) is 0 Å². The van der Waals surface area contributed by atoms with Crippen LogP contribution in [0.1, 0.15) is 18.1 Å². The van der Waals surface area contributed by atoms with Gasteiger partial charge in [0.1, 0.15) is 23.4 Å². The lowest BCUT2D eigenvalue weighted by Gasteiger charge is -2.23. The molecule has 1 aromatic rings. The van der Waals surface area contributed by atoms with Crippen molar-refractivity contribution in [3.63, 3.8) is 0 Å². The van der Waals surface area contributed by atoms with Crippen LogP contribution in [0.5, 0.6) is 17.2 Å². The summed E-state index contributed by atoms with van der Waals surface area (Å²) in [7, 11) is 4.67. The molecular weight excluding hydrogens is 248 g/mol. The van der Waals surface area contributed by atoms with Crippen molar-refractivity contribution >= 4 is 5.78 Å². The minimum atomic E-state index is -0.409. The predicted molar refractivity (Wildman–Crippen MR) is 68.7 cm³/mol. The number of carbonyl (C=O) groups is 1. The van der Waals surface area contributed by atoms with Crippen LogP contribution in [-0.4, -0.2) is 27.1 Å². The number of hydrogen-bond acceptors (Lipinski definition) is 5. The minimum absolute atomic E-state index is 0.0103.